The van der Waals surface area contributed by atoms with Crippen molar-refractivity contribution in [1.82, 2.24) is 0 Å². The van der Waals surface area contributed by atoms with Gasteiger partial charge in [-0.2, -0.15) is 10.2 Å². The van der Waals surface area contributed by atoms with Crippen molar-refractivity contribution >= 4 is 22.1 Å². The van der Waals surface area contributed by atoms with Gasteiger partial charge in [0.05, 0.1) is 11.4 Å². The van der Waals surface area contributed by atoms with E-state index in [-0.39, 0.29) is 0 Å². The first-order valence-electron chi connectivity index (χ1n) is 11.8. The van der Waals surface area contributed by atoms with E-state index >= 15 is 0 Å². The molecule has 0 aliphatic heterocycles. The predicted molar refractivity (Wildman–Crippen MR) is 139 cm³/mol. The smallest absolute Gasteiger partial charge is 0.0860 e. The van der Waals surface area contributed by atoms with Crippen LogP contribution in [0.2, 0.25) is 0 Å². The molecule has 0 aromatic heterocycles. The summed E-state index contributed by atoms with van der Waals surface area (Å²) in [7, 11) is 0. The largest absolute Gasteiger partial charge is 0.151 e. The fourth-order valence-corrected chi connectivity index (χ4v) is 3.95. The molecule has 0 unspecified atom stereocenters. The van der Waals surface area contributed by atoms with Gasteiger partial charge in [-0.25, -0.2) is 0 Å². The average molecular weight is 423 g/mol. The molecule has 0 aliphatic carbocycles. The van der Waals surface area contributed by atoms with E-state index in [9.17, 15) is 0 Å². The average Bonchev–Trinajstić information content (AvgIpc) is 2.87. The summed E-state index contributed by atoms with van der Waals surface area (Å²) in [6.45, 7) is 8.80. The highest BCUT2D eigenvalue weighted by molar-refractivity contribution is 5.84. The van der Waals surface area contributed by atoms with Crippen molar-refractivity contribution in [3.05, 3.63) is 107 Å². The molecule has 0 N–H and O–H groups in total. The summed E-state index contributed by atoms with van der Waals surface area (Å²) in [6.07, 6.45) is 4.37. The van der Waals surface area contributed by atoms with Gasteiger partial charge in [0.15, 0.2) is 0 Å². The van der Waals surface area contributed by atoms with Crippen LogP contribution in [-0.4, -0.2) is 0 Å². The molecule has 0 bridgehead atoms. The van der Waals surface area contributed by atoms with Crippen molar-refractivity contribution in [2.75, 3.05) is 0 Å². The predicted octanol–water partition coefficient (Wildman–Crippen LogP) is 9.19. The minimum atomic E-state index is 0.884. The topological polar surface area (TPSA) is 24.7 Å². The fraction of sp³-hybridized carbons (Fsp3) is 0.267. The van der Waals surface area contributed by atoms with Crippen LogP contribution in [0, 0.1) is 0 Å². The Labute approximate surface area is 193 Å². The molecule has 0 fully saturated rings. The molecule has 0 spiro atoms. The van der Waals surface area contributed by atoms with Crippen molar-refractivity contribution in [3.63, 3.8) is 0 Å². The molecule has 4 aromatic rings. The monoisotopic (exact) mass is 422 g/mol. The third-order valence-electron chi connectivity index (χ3n) is 5.82. The number of nitrogens with zero attached hydrogens (tertiary/aromatic N) is 2. The van der Waals surface area contributed by atoms with Gasteiger partial charge in [-0.15, -0.1) is 0 Å². The summed E-state index contributed by atoms with van der Waals surface area (Å²) >= 11 is 0. The van der Waals surface area contributed by atoms with Gasteiger partial charge >= 0.3 is 0 Å². The Balaban J connectivity index is 0.000000186. The Hall–Kier alpha value is -3.26. The molecular weight excluding hydrogens is 388 g/mol. The summed E-state index contributed by atoms with van der Waals surface area (Å²) in [5.41, 5.74) is 7.55. The molecule has 0 radical (unpaired) electrons. The van der Waals surface area contributed by atoms with Gasteiger partial charge in [-0.05, 0) is 83.0 Å². The maximum absolute atomic E-state index is 4.29. The Bertz CT molecular complexity index is 1120. The van der Waals surface area contributed by atoms with E-state index in [1.807, 2.05) is 36.4 Å². The minimum Gasteiger partial charge on any atom is -0.151 e. The molecule has 0 heterocycles. The summed E-state index contributed by atoms with van der Waals surface area (Å²) in [6, 6.07) is 29.4. The molecule has 4 aromatic carbocycles. The lowest BCUT2D eigenvalue weighted by molar-refractivity contribution is 1.03. The van der Waals surface area contributed by atoms with Crippen LogP contribution in [0.5, 0.6) is 0 Å². The molecule has 4 rings (SSSR count). The first-order chi connectivity index (χ1) is 15.7. The Kier molecular flexibility index (Phi) is 8.74. The number of fused-ring (bicyclic) bond motifs is 1. The van der Waals surface area contributed by atoms with Gasteiger partial charge < -0.3 is 0 Å². The first-order valence-corrected chi connectivity index (χ1v) is 11.8. The normalized spacial score (nSPS) is 10.9. The Morgan fingerprint density at radius 2 is 0.906 bits per heavy atom. The van der Waals surface area contributed by atoms with E-state index < -0.39 is 0 Å². The van der Waals surface area contributed by atoms with Gasteiger partial charge in [0, 0.05) is 0 Å². The number of benzene rings is 4. The standard InChI is InChI=1S/C16H18N2.C14H16/c1-3-13-10-11-16(12-14(13)4-2)18-17-15-8-6-5-7-9-15;1-3-11-9-13-7-5-6-8-14(13)10-12(11)4-2/h5-12H,3-4H2,1-2H3;5-10H,3-4H2,1-2H3. The minimum absolute atomic E-state index is 0.884. The van der Waals surface area contributed by atoms with Crippen LogP contribution in [0.25, 0.3) is 10.8 Å². The number of azo groups is 1. The van der Waals surface area contributed by atoms with Crippen LogP contribution in [0.4, 0.5) is 11.4 Å². The molecule has 164 valence electrons. The maximum Gasteiger partial charge on any atom is 0.0860 e. The van der Waals surface area contributed by atoms with Crippen molar-refractivity contribution < 1.29 is 0 Å². The molecule has 0 atom stereocenters. The van der Waals surface area contributed by atoms with E-state index in [0.29, 0.717) is 0 Å². The highest BCUT2D eigenvalue weighted by Gasteiger charge is 2.01. The van der Waals surface area contributed by atoms with Crippen LogP contribution >= 0.6 is 0 Å². The van der Waals surface area contributed by atoms with Crippen LogP contribution in [0.3, 0.4) is 0 Å². The lowest BCUT2D eigenvalue weighted by Crippen LogP contribution is -1.90. The molecule has 2 heteroatoms. The van der Waals surface area contributed by atoms with Gasteiger partial charge in [0.2, 0.25) is 0 Å². The van der Waals surface area contributed by atoms with E-state index in [1.165, 1.54) is 33.0 Å². The number of rotatable bonds is 6. The SMILES string of the molecule is CCc1cc2ccccc2cc1CC.CCc1ccc(N=Nc2ccccc2)cc1CC. The third-order valence-corrected chi connectivity index (χ3v) is 5.82. The van der Waals surface area contributed by atoms with Gasteiger partial charge in [0.1, 0.15) is 0 Å². The summed E-state index contributed by atoms with van der Waals surface area (Å²) in [5, 5.41) is 11.2. The van der Waals surface area contributed by atoms with Crippen molar-refractivity contribution in [1.29, 1.82) is 0 Å². The van der Waals surface area contributed by atoms with Crippen LogP contribution < -0.4 is 0 Å². The van der Waals surface area contributed by atoms with Gasteiger partial charge in [-0.1, -0.05) is 88.4 Å². The van der Waals surface area contributed by atoms with E-state index in [2.05, 4.69) is 86.5 Å². The third kappa shape index (κ3) is 6.13. The van der Waals surface area contributed by atoms with E-state index in [1.54, 1.807) is 0 Å². The second-order valence-corrected chi connectivity index (χ2v) is 7.87. The zero-order valence-electron chi connectivity index (χ0n) is 19.8. The molecule has 0 amide bonds. The molecular formula is C30H34N2. The van der Waals surface area contributed by atoms with Crippen molar-refractivity contribution in [3.8, 4) is 0 Å². The van der Waals surface area contributed by atoms with Crippen LogP contribution in [0.15, 0.2) is 95.2 Å². The molecule has 32 heavy (non-hydrogen) atoms. The second-order valence-electron chi connectivity index (χ2n) is 7.87. The Morgan fingerprint density at radius 3 is 1.44 bits per heavy atom. The van der Waals surface area contributed by atoms with Gasteiger partial charge in [-0.3, -0.25) is 0 Å². The summed E-state index contributed by atoms with van der Waals surface area (Å²) in [5.74, 6) is 0. The lowest BCUT2D eigenvalue weighted by Gasteiger charge is -2.07. The molecule has 2 nitrogen and oxygen atoms in total. The van der Waals surface area contributed by atoms with Gasteiger partial charge in [0.25, 0.3) is 0 Å². The zero-order valence-corrected chi connectivity index (χ0v) is 19.8. The highest BCUT2D eigenvalue weighted by Crippen LogP contribution is 2.23. The lowest BCUT2D eigenvalue weighted by atomic mass is 9.98. The number of aryl methyl sites for hydroxylation is 4. The van der Waals surface area contributed by atoms with Crippen molar-refractivity contribution in [2.45, 2.75) is 53.4 Å². The number of hydrogen-bond acceptors (Lipinski definition) is 2. The first kappa shape index (κ1) is 23.4. The molecule has 0 aliphatic rings. The summed E-state index contributed by atoms with van der Waals surface area (Å²) < 4.78 is 0. The Morgan fingerprint density at radius 1 is 0.438 bits per heavy atom. The quantitative estimate of drug-likeness (QED) is 0.277. The molecule has 0 saturated heterocycles. The summed E-state index contributed by atoms with van der Waals surface area (Å²) in [4.78, 5) is 0. The van der Waals surface area contributed by atoms with E-state index in [0.717, 1.165) is 37.1 Å². The fourth-order valence-electron chi connectivity index (χ4n) is 3.95. The zero-order chi connectivity index (χ0) is 22.8. The highest BCUT2D eigenvalue weighted by atomic mass is 15.1. The second kappa shape index (κ2) is 12.0. The van der Waals surface area contributed by atoms with Crippen LogP contribution in [0.1, 0.15) is 49.9 Å². The van der Waals surface area contributed by atoms with Crippen molar-refractivity contribution in [2.24, 2.45) is 10.2 Å². The van der Waals surface area contributed by atoms with E-state index in [4.69, 9.17) is 0 Å². The number of hydrogen-bond donors (Lipinski definition) is 0. The molecule has 0 saturated carbocycles. The van der Waals surface area contributed by atoms with Crippen LogP contribution in [-0.2, 0) is 25.7 Å². The maximum atomic E-state index is 4.29.